The molecule has 0 aliphatic carbocycles. The summed E-state index contributed by atoms with van der Waals surface area (Å²) in [5.74, 6) is -1.09. The molecule has 2 aliphatic heterocycles. The van der Waals surface area contributed by atoms with E-state index in [9.17, 15) is 19.2 Å². The molecule has 2 saturated heterocycles. The predicted octanol–water partition coefficient (Wildman–Crippen LogP) is -0.933. The molecule has 10 heteroatoms. The lowest BCUT2D eigenvalue weighted by Crippen LogP contribution is -2.40. The number of hydrogen-bond donors (Lipinski definition) is 2. The molecule has 4 atom stereocenters. The summed E-state index contributed by atoms with van der Waals surface area (Å²) in [6.07, 6.45) is -4.43. The van der Waals surface area contributed by atoms with Gasteiger partial charge in [0.1, 0.15) is 12.2 Å². The van der Waals surface area contributed by atoms with Gasteiger partial charge in [-0.2, -0.15) is 0 Å². The van der Waals surface area contributed by atoms with Crippen LogP contribution in [0.3, 0.4) is 0 Å². The highest BCUT2D eigenvalue weighted by atomic mass is 16.7. The number of fused-ring (bicyclic) bond motifs is 1. The highest BCUT2D eigenvalue weighted by molar-refractivity contribution is 5.90. The summed E-state index contributed by atoms with van der Waals surface area (Å²) in [5, 5.41) is 3.94. The first kappa shape index (κ1) is 16.2. The Morgan fingerprint density at radius 2 is 1.18 bits per heavy atom. The number of rotatable bonds is 2. The Morgan fingerprint density at radius 3 is 1.50 bits per heavy atom. The minimum Gasteiger partial charge on any atom is -0.441 e. The average Bonchev–Trinajstić information content (AvgIpc) is 2.92. The zero-order valence-electron chi connectivity index (χ0n) is 12.0. The number of nitrogens with one attached hydrogen (secondary N) is 2. The van der Waals surface area contributed by atoms with E-state index in [4.69, 9.17) is 18.9 Å². The maximum Gasteiger partial charge on any atom is 0.414 e. The van der Waals surface area contributed by atoms with Crippen molar-refractivity contribution in [2.24, 2.45) is 0 Å². The van der Waals surface area contributed by atoms with Crippen LogP contribution >= 0.6 is 0 Å². The van der Waals surface area contributed by atoms with Gasteiger partial charge in [0.25, 0.3) is 0 Å². The molecule has 2 N–H and O–H groups in total. The van der Waals surface area contributed by atoms with Crippen LogP contribution in [0.25, 0.3) is 0 Å². The number of carbonyl (C=O) groups is 4. The highest BCUT2D eigenvalue weighted by Crippen LogP contribution is 2.30. The molecule has 0 spiro atoms. The topological polar surface area (TPSA) is 129 Å². The molecule has 4 amide bonds. The second-order valence-electron chi connectivity index (χ2n) is 4.85. The van der Waals surface area contributed by atoms with Crippen molar-refractivity contribution in [3.05, 3.63) is 0 Å². The number of imide groups is 2. The largest absolute Gasteiger partial charge is 0.441 e. The van der Waals surface area contributed by atoms with Crippen LogP contribution in [0.15, 0.2) is 0 Å². The molecule has 2 rings (SSSR count). The molecule has 2 heterocycles. The lowest BCUT2D eigenvalue weighted by molar-refractivity contribution is -0.119. The van der Waals surface area contributed by atoms with Gasteiger partial charge in [-0.25, -0.2) is 9.59 Å². The Morgan fingerprint density at radius 1 is 0.818 bits per heavy atom. The Hall–Kier alpha value is -2.20. The molecule has 0 aromatic carbocycles. The molecular formula is C12H16N2O8. The van der Waals surface area contributed by atoms with E-state index in [0.717, 1.165) is 0 Å². The fraction of sp³-hybridized carbons (Fsp3) is 0.667. The Bertz CT molecular complexity index is 450. The van der Waals surface area contributed by atoms with Crippen molar-refractivity contribution in [3.63, 3.8) is 0 Å². The number of carbonyl (C=O) groups excluding carboxylic acids is 4. The van der Waals surface area contributed by atoms with Gasteiger partial charge in [0.15, 0.2) is 12.2 Å². The second kappa shape index (κ2) is 6.71. The third-order valence-electron chi connectivity index (χ3n) is 3.04. The molecule has 122 valence electrons. The van der Waals surface area contributed by atoms with Gasteiger partial charge in [-0.15, -0.1) is 0 Å². The van der Waals surface area contributed by atoms with Gasteiger partial charge >= 0.3 is 12.2 Å². The zero-order chi connectivity index (χ0) is 16.3. The van der Waals surface area contributed by atoms with Crippen molar-refractivity contribution in [2.75, 3.05) is 13.2 Å². The van der Waals surface area contributed by atoms with E-state index in [2.05, 4.69) is 0 Å². The van der Waals surface area contributed by atoms with Gasteiger partial charge < -0.3 is 18.9 Å². The van der Waals surface area contributed by atoms with Crippen molar-refractivity contribution in [1.82, 2.24) is 10.6 Å². The monoisotopic (exact) mass is 316 g/mol. The Kier molecular flexibility index (Phi) is 4.93. The lowest BCUT2D eigenvalue weighted by Gasteiger charge is -2.17. The Labute approximate surface area is 125 Å². The van der Waals surface area contributed by atoms with Gasteiger partial charge in [-0.3, -0.25) is 20.2 Å². The van der Waals surface area contributed by atoms with E-state index in [0.29, 0.717) is 0 Å². The van der Waals surface area contributed by atoms with Crippen LogP contribution in [-0.2, 0) is 28.5 Å². The SMILES string of the molecule is CC(=O)NC(=O)O[C@H]1CO[C@H]2[C@@H]1OC[C@H]2OC(=O)NC(C)=O. The molecule has 10 nitrogen and oxygen atoms in total. The zero-order valence-corrected chi connectivity index (χ0v) is 12.0. The van der Waals surface area contributed by atoms with Crippen LogP contribution in [0, 0.1) is 0 Å². The van der Waals surface area contributed by atoms with Gasteiger partial charge in [-0.05, 0) is 0 Å². The van der Waals surface area contributed by atoms with Crippen LogP contribution in [0.5, 0.6) is 0 Å². The molecule has 0 aromatic heterocycles. The highest BCUT2D eigenvalue weighted by Gasteiger charge is 2.51. The summed E-state index contributed by atoms with van der Waals surface area (Å²) in [6.45, 7) is 2.46. The summed E-state index contributed by atoms with van der Waals surface area (Å²) in [5.41, 5.74) is 0. The van der Waals surface area contributed by atoms with E-state index < -0.39 is 48.4 Å². The van der Waals surface area contributed by atoms with E-state index in [-0.39, 0.29) is 13.2 Å². The van der Waals surface area contributed by atoms with Crippen molar-refractivity contribution in [1.29, 1.82) is 0 Å². The maximum atomic E-state index is 11.4. The van der Waals surface area contributed by atoms with Crippen LogP contribution < -0.4 is 10.6 Å². The van der Waals surface area contributed by atoms with Gasteiger partial charge in [0.05, 0.1) is 13.2 Å². The summed E-state index contributed by atoms with van der Waals surface area (Å²) >= 11 is 0. The predicted molar refractivity (Wildman–Crippen MR) is 67.7 cm³/mol. The average molecular weight is 316 g/mol. The minimum absolute atomic E-state index is 0.0504. The van der Waals surface area contributed by atoms with Crippen LogP contribution in [0.4, 0.5) is 9.59 Å². The Balaban J connectivity index is 1.86. The third kappa shape index (κ3) is 3.92. The van der Waals surface area contributed by atoms with E-state index in [1.165, 1.54) is 13.8 Å². The van der Waals surface area contributed by atoms with Crippen LogP contribution in [-0.4, -0.2) is 61.6 Å². The first-order chi connectivity index (χ1) is 10.4. The normalized spacial score (nSPS) is 29.4. The summed E-state index contributed by atoms with van der Waals surface area (Å²) in [6, 6.07) is 0. The number of amides is 4. The molecule has 0 saturated carbocycles. The van der Waals surface area contributed by atoms with Crippen molar-refractivity contribution < 1.29 is 38.1 Å². The van der Waals surface area contributed by atoms with Crippen molar-refractivity contribution in [2.45, 2.75) is 38.3 Å². The van der Waals surface area contributed by atoms with Gasteiger partial charge in [0.2, 0.25) is 11.8 Å². The fourth-order valence-corrected chi connectivity index (χ4v) is 2.25. The maximum absolute atomic E-state index is 11.4. The molecule has 0 aromatic rings. The standard InChI is InChI=1S/C12H16N2O8/c1-5(15)13-11(17)21-7-3-19-10-8(4-20-9(7)10)22-12(18)14-6(2)16/h7-10H,3-4H2,1-2H3,(H,13,15,17)(H,14,16,18)/t7-,8+,9-,10-/m1/s1. The smallest absolute Gasteiger partial charge is 0.414 e. The first-order valence-corrected chi connectivity index (χ1v) is 6.56. The molecule has 0 radical (unpaired) electrons. The van der Waals surface area contributed by atoms with Crippen molar-refractivity contribution >= 4 is 24.0 Å². The molecule has 2 aliphatic rings. The number of alkyl carbamates (subject to hydrolysis) is 2. The molecule has 0 unspecified atom stereocenters. The van der Waals surface area contributed by atoms with E-state index in [1.807, 2.05) is 10.6 Å². The van der Waals surface area contributed by atoms with Crippen LogP contribution in [0.1, 0.15) is 13.8 Å². The number of hydrogen-bond acceptors (Lipinski definition) is 8. The molecule has 0 bridgehead atoms. The minimum atomic E-state index is -0.899. The van der Waals surface area contributed by atoms with E-state index >= 15 is 0 Å². The quantitative estimate of drug-likeness (QED) is 0.668. The number of ether oxygens (including phenoxy) is 4. The molecule has 22 heavy (non-hydrogen) atoms. The van der Waals surface area contributed by atoms with Crippen molar-refractivity contribution in [3.8, 4) is 0 Å². The lowest BCUT2D eigenvalue weighted by atomic mass is 10.1. The second-order valence-corrected chi connectivity index (χ2v) is 4.85. The third-order valence-corrected chi connectivity index (χ3v) is 3.04. The summed E-state index contributed by atoms with van der Waals surface area (Å²) < 4.78 is 20.9. The summed E-state index contributed by atoms with van der Waals surface area (Å²) in [4.78, 5) is 44.3. The van der Waals surface area contributed by atoms with Gasteiger partial charge in [0, 0.05) is 13.8 Å². The van der Waals surface area contributed by atoms with Crippen LogP contribution in [0.2, 0.25) is 0 Å². The van der Waals surface area contributed by atoms with E-state index in [1.54, 1.807) is 0 Å². The first-order valence-electron chi connectivity index (χ1n) is 6.56. The molecule has 2 fully saturated rings. The molecular weight excluding hydrogens is 300 g/mol. The fourth-order valence-electron chi connectivity index (χ4n) is 2.25. The van der Waals surface area contributed by atoms with Gasteiger partial charge in [-0.1, -0.05) is 0 Å². The summed E-state index contributed by atoms with van der Waals surface area (Å²) in [7, 11) is 0.